The SMILES string of the molecule is CCn1ccnc1C(=O)c1nccc2ccccc12. The van der Waals surface area contributed by atoms with E-state index in [2.05, 4.69) is 9.97 Å². The van der Waals surface area contributed by atoms with Crippen molar-refractivity contribution in [2.24, 2.45) is 0 Å². The van der Waals surface area contributed by atoms with Crippen molar-refractivity contribution in [3.63, 3.8) is 0 Å². The van der Waals surface area contributed by atoms with Crippen LogP contribution < -0.4 is 0 Å². The Morgan fingerprint density at radius 2 is 2.00 bits per heavy atom. The number of hydrogen-bond acceptors (Lipinski definition) is 3. The number of carbonyl (C=O) groups excluding carboxylic acids is 1. The normalized spacial score (nSPS) is 10.8. The first kappa shape index (κ1) is 11.6. The van der Waals surface area contributed by atoms with E-state index < -0.39 is 0 Å². The zero-order valence-electron chi connectivity index (χ0n) is 10.6. The van der Waals surface area contributed by atoms with Gasteiger partial charge in [0.1, 0.15) is 5.69 Å². The summed E-state index contributed by atoms with van der Waals surface area (Å²) in [5.41, 5.74) is 0.457. The van der Waals surface area contributed by atoms with E-state index in [0.29, 0.717) is 18.1 Å². The molecule has 4 nitrogen and oxygen atoms in total. The molecule has 3 rings (SSSR count). The molecule has 0 spiro atoms. The van der Waals surface area contributed by atoms with Gasteiger partial charge >= 0.3 is 0 Å². The van der Waals surface area contributed by atoms with E-state index in [1.165, 1.54) is 0 Å². The van der Waals surface area contributed by atoms with Gasteiger partial charge < -0.3 is 4.57 Å². The van der Waals surface area contributed by atoms with Crippen molar-refractivity contribution in [2.75, 3.05) is 0 Å². The molecule has 0 saturated carbocycles. The third-order valence-electron chi connectivity index (χ3n) is 3.15. The molecule has 94 valence electrons. The van der Waals surface area contributed by atoms with E-state index in [0.717, 1.165) is 10.8 Å². The molecular formula is C15H13N3O. The topological polar surface area (TPSA) is 47.8 Å². The van der Waals surface area contributed by atoms with Gasteiger partial charge in [0, 0.05) is 30.5 Å². The highest BCUT2D eigenvalue weighted by molar-refractivity contribution is 6.13. The van der Waals surface area contributed by atoms with Gasteiger partial charge in [-0.2, -0.15) is 0 Å². The molecule has 1 aromatic carbocycles. The molecule has 2 heterocycles. The van der Waals surface area contributed by atoms with E-state index in [4.69, 9.17) is 0 Å². The van der Waals surface area contributed by atoms with Crippen LogP contribution in [0, 0.1) is 0 Å². The Hall–Kier alpha value is -2.49. The smallest absolute Gasteiger partial charge is 0.247 e. The average Bonchev–Trinajstić information content (AvgIpc) is 2.94. The predicted octanol–water partition coefficient (Wildman–Crippen LogP) is 2.68. The molecule has 4 heteroatoms. The van der Waals surface area contributed by atoms with Gasteiger partial charge in [-0.15, -0.1) is 0 Å². The number of ketones is 1. The Labute approximate surface area is 110 Å². The van der Waals surface area contributed by atoms with Gasteiger partial charge in [-0.05, 0) is 18.4 Å². The summed E-state index contributed by atoms with van der Waals surface area (Å²) in [6, 6.07) is 9.64. The van der Waals surface area contributed by atoms with Crippen LogP contribution in [-0.4, -0.2) is 20.3 Å². The molecular weight excluding hydrogens is 238 g/mol. The van der Waals surface area contributed by atoms with Crippen molar-refractivity contribution in [1.29, 1.82) is 0 Å². The summed E-state index contributed by atoms with van der Waals surface area (Å²) in [6.45, 7) is 2.70. The molecule has 0 N–H and O–H groups in total. The number of rotatable bonds is 3. The van der Waals surface area contributed by atoms with Crippen LogP contribution in [0.1, 0.15) is 23.2 Å². The van der Waals surface area contributed by atoms with Crippen molar-refractivity contribution in [3.8, 4) is 0 Å². The van der Waals surface area contributed by atoms with Crippen molar-refractivity contribution in [3.05, 3.63) is 60.4 Å². The van der Waals surface area contributed by atoms with E-state index in [1.54, 1.807) is 18.6 Å². The van der Waals surface area contributed by atoms with Crippen LogP contribution in [0.2, 0.25) is 0 Å². The lowest BCUT2D eigenvalue weighted by molar-refractivity contribution is 0.102. The summed E-state index contributed by atoms with van der Waals surface area (Å²) in [5, 5.41) is 1.87. The van der Waals surface area contributed by atoms with Gasteiger partial charge in [-0.3, -0.25) is 9.78 Å². The summed E-state index contributed by atoms with van der Waals surface area (Å²) in [4.78, 5) is 20.9. The van der Waals surface area contributed by atoms with Crippen LogP contribution in [0.4, 0.5) is 0 Å². The number of aromatic nitrogens is 3. The van der Waals surface area contributed by atoms with Gasteiger partial charge in [-0.1, -0.05) is 24.3 Å². The highest BCUT2D eigenvalue weighted by Crippen LogP contribution is 2.18. The first-order chi connectivity index (χ1) is 9.31. The number of pyridine rings is 1. The Morgan fingerprint density at radius 1 is 1.16 bits per heavy atom. The molecule has 0 amide bonds. The minimum absolute atomic E-state index is 0.136. The second kappa shape index (κ2) is 4.65. The summed E-state index contributed by atoms with van der Waals surface area (Å²) in [6.07, 6.45) is 5.11. The lowest BCUT2D eigenvalue weighted by Crippen LogP contribution is -2.12. The average molecular weight is 251 g/mol. The third-order valence-corrected chi connectivity index (χ3v) is 3.15. The van der Waals surface area contributed by atoms with Gasteiger partial charge in [-0.25, -0.2) is 4.98 Å². The molecule has 0 atom stereocenters. The number of carbonyl (C=O) groups is 1. The number of fused-ring (bicyclic) bond motifs is 1. The van der Waals surface area contributed by atoms with Crippen molar-refractivity contribution >= 4 is 16.6 Å². The third kappa shape index (κ3) is 1.91. The standard InChI is InChI=1S/C15H13N3O/c1-2-18-10-9-17-15(18)14(19)13-12-6-4-3-5-11(12)7-8-16-13/h3-10H,2H2,1H3. The molecule has 2 aromatic heterocycles. The van der Waals surface area contributed by atoms with Gasteiger partial charge in [0.15, 0.2) is 5.82 Å². The molecule has 0 radical (unpaired) electrons. The largest absolute Gasteiger partial charge is 0.328 e. The van der Waals surface area contributed by atoms with Crippen LogP contribution in [-0.2, 0) is 6.54 Å². The number of nitrogens with zero attached hydrogens (tertiary/aromatic N) is 3. The number of aryl methyl sites for hydroxylation is 1. The van der Waals surface area contributed by atoms with Crippen LogP contribution in [0.5, 0.6) is 0 Å². The van der Waals surface area contributed by atoms with E-state index in [9.17, 15) is 4.79 Å². The number of imidazole rings is 1. The van der Waals surface area contributed by atoms with Crippen LogP contribution in [0.3, 0.4) is 0 Å². The zero-order chi connectivity index (χ0) is 13.2. The van der Waals surface area contributed by atoms with Crippen molar-refractivity contribution in [2.45, 2.75) is 13.5 Å². The van der Waals surface area contributed by atoms with E-state index >= 15 is 0 Å². The maximum atomic E-state index is 12.6. The summed E-state index contributed by atoms with van der Waals surface area (Å²) < 4.78 is 1.83. The fourth-order valence-electron chi connectivity index (χ4n) is 2.18. The molecule has 0 fully saturated rings. The molecule has 0 bridgehead atoms. The molecule has 0 saturated heterocycles. The minimum atomic E-state index is -0.136. The Balaban J connectivity index is 2.17. The zero-order valence-corrected chi connectivity index (χ0v) is 10.6. The first-order valence-electron chi connectivity index (χ1n) is 6.21. The van der Waals surface area contributed by atoms with Crippen LogP contribution in [0.15, 0.2) is 48.9 Å². The minimum Gasteiger partial charge on any atom is -0.328 e. The highest BCUT2D eigenvalue weighted by atomic mass is 16.1. The van der Waals surface area contributed by atoms with Gasteiger partial charge in [0.2, 0.25) is 5.78 Å². The van der Waals surface area contributed by atoms with Crippen LogP contribution in [0.25, 0.3) is 10.8 Å². The molecule has 0 aliphatic heterocycles. The van der Waals surface area contributed by atoms with E-state index in [1.807, 2.05) is 41.8 Å². The van der Waals surface area contributed by atoms with Crippen molar-refractivity contribution in [1.82, 2.24) is 14.5 Å². The molecule has 19 heavy (non-hydrogen) atoms. The maximum Gasteiger partial charge on any atom is 0.247 e. The summed E-state index contributed by atoms with van der Waals surface area (Å²) in [5.74, 6) is 0.301. The first-order valence-corrected chi connectivity index (χ1v) is 6.21. The maximum absolute atomic E-state index is 12.6. The summed E-state index contributed by atoms with van der Waals surface area (Å²) in [7, 11) is 0. The number of hydrogen-bond donors (Lipinski definition) is 0. The number of benzene rings is 1. The van der Waals surface area contributed by atoms with Crippen molar-refractivity contribution < 1.29 is 4.79 Å². The van der Waals surface area contributed by atoms with Crippen LogP contribution >= 0.6 is 0 Å². The molecule has 0 aliphatic rings. The molecule has 0 unspecified atom stereocenters. The molecule has 3 aromatic rings. The Morgan fingerprint density at radius 3 is 2.84 bits per heavy atom. The second-order valence-electron chi connectivity index (χ2n) is 4.25. The Kier molecular flexibility index (Phi) is 2.83. The Bertz CT molecular complexity index is 740. The second-order valence-corrected chi connectivity index (χ2v) is 4.25. The lowest BCUT2D eigenvalue weighted by Gasteiger charge is -2.06. The predicted molar refractivity (Wildman–Crippen MR) is 73.1 cm³/mol. The molecule has 0 aliphatic carbocycles. The van der Waals surface area contributed by atoms with Gasteiger partial charge in [0.05, 0.1) is 0 Å². The van der Waals surface area contributed by atoms with E-state index in [-0.39, 0.29) is 5.78 Å². The van der Waals surface area contributed by atoms with Gasteiger partial charge in [0.25, 0.3) is 0 Å². The fraction of sp³-hybridized carbons (Fsp3) is 0.133. The lowest BCUT2D eigenvalue weighted by atomic mass is 10.1. The fourth-order valence-corrected chi connectivity index (χ4v) is 2.18. The monoisotopic (exact) mass is 251 g/mol. The summed E-state index contributed by atoms with van der Waals surface area (Å²) >= 11 is 0. The quantitative estimate of drug-likeness (QED) is 0.672. The highest BCUT2D eigenvalue weighted by Gasteiger charge is 2.18.